The van der Waals surface area contributed by atoms with Crippen LogP contribution in [0.5, 0.6) is 5.75 Å². The van der Waals surface area contributed by atoms with E-state index in [0.717, 1.165) is 0 Å². The monoisotopic (exact) mass is 330 g/mol. The van der Waals surface area contributed by atoms with Crippen molar-refractivity contribution in [3.8, 4) is 5.75 Å². The molecule has 0 heterocycles. The van der Waals surface area contributed by atoms with Crippen molar-refractivity contribution in [1.82, 2.24) is 0 Å². The number of methoxy groups -OCH3 is 1. The summed E-state index contributed by atoms with van der Waals surface area (Å²) in [5.74, 6) is -3.97. The highest BCUT2D eigenvalue weighted by molar-refractivity contribution is 6.58. The second-order valence-electron chi connectivity index (χ2n) is 4.18. The zero-order valence-electron chi connectivity index (χ0n) is 11.6. The minimum atomic E-state index is -5.50. The summed E-state index contributed by atoms with van der Waals surface area (Å²) in [6.45, 7) is -0.661. The first-order valence-corrected chi connectivity index (χ1v) is 6.10. The molecule has 0 aliphatic heterocycles. The molecule has 0 saturated heterocycles. The van der Waals surface area contributed by atoms with Crippen molar-refractivity contribution in [3.63, 3.8) is 0 Å². The Hall–Kier alpha value is -1.39. The molecule has 0 bridgehead atoms. The number of benzene rings is 1. The first-order chi connectivity index (χ1) is 10.0. The molecule has 0 atom stereocenters. The van der Waals surface area contributed by atoms with Gasteiger partial charge in [0, 0.05) is 13.0 Å². The van der Waals surface area contributed by atoms with Crippen LogP contribution in [0.3, 0.4) is 0 Å². The molecule has 1 aromatic carbocycles. The molecule has 10 heteroatoms. The number of aliphatic hydroxyl groups excluding tert-OH is 1. The van der Waals surface area contributed by atoms with Gasteiger partial charge in [0.2, 0.25) is 0 Å². The lowest BCUT2D eigenvalue weighted by molar-refractivity contribution is -0.284. The quantitative estimate of drug-likeness (QED) is 0.563. The minimum Gasteiger partial charge on any atom is -0.497 e. The van der Waals surface area contributed by atoms with Gasteiger partial charge >= 0.3 is 19.2 Å². The van der Waals surface area contributed by atoms with Gasteiger partial charge in [-0.1, -0.05) is 12.1 Å². The standard InChI is InChI=1S/C7H9BO3.C5H7F5O/c1-11-7-4-2-6(3-5-7)8(9)10;6-4(7,2-1-3-11)5(8,9)10/h2-5,9-10H,1H3;11H,1-3H2. The van der Waals surface area contributed by atoms with Crippen LogP contribution < -0.4 is 10.2 Å². The van der Waals surface area contributed by atoms with Gasteiger partial charge < -0.3 is 19.9 Å². The number of alkyl halides is 5. The van der Waals surface area contributed by atoms with Gasteiger partial charge in [-0.3, -0.25) is 0 Å². The van der Waals surface area contributed by atoms with Crippen LogP contribution >= 0.6 is 0 Å². The highest BCUT2D eigenvalue weighted by Crippen LogP contribution is 2.38. The third kappa shape index (κ3) is 7.05. The molecule has 0 aliphatic carbocycles. The fourth-order valence-electron chi connectivity index (χ4n) is 1.22. The Kier molecular flexibility index (Phi) is 8.35. The lowest BCUT2D eigenvalue weighted by Crippen LogP contribution is -2.36. The van der Waals surface area contributed by atoms with Crippen LogP contribution in [0.25, 0.3) is 0 Å². The third-order valence-electron chi connectivity index (χ3n) is 2.48. The molecule has 0 saturated carbocycles. The van der Waals surface area contributed by atoms with Crippen LogP contribution in [-0.4, -0.2) is 48.1 Å². The van der Waals surface area contributed by atoms with E-state index in [4.69, 9.17) is 19.9 Å². The van der Waals surface area contributed by atoms with E-state index in [1.165, 1.54) is 0 Å². The van der Waals surface area contributed by atoms with Crippen LogP contribution in [-0.2, 0) is 0 Å². The van der Waals surface area contributed by atoms with Crippen LogP contribution in [0, 0.1) is 0 Å². The summed E-state index contributed by atoms with van der Waals surface area (Å²) in [6, 6.07) is 6.55. The molecule has 0 unspecified atom stereocenters. The van der Waals surface area contributed by atoms with Crippen molar-refractivity contribution in [2.75, 3.05) is 13.7 Å². The predicted molar refractivity (Wildman–Crippen MR) is 70.1 cm³/mol. The van der Waals surface area contributed by atoms with Gasteiger partial charge in [-0.15, -0.1) is 0 Å². The highest BCUT2D eigenvalue weighted by atomic mass is 19.4. The summed E-state index contributed by atoms with van der Waals surface area (Å²) < 4.78 is 62.6. The molecule has 126 valence electrons. The highest BCUT2D eigenvalue weighted by Gasteiger charge is 2.56. The van der Waals surface area contributed by atoms with Crippen molar-refractivity contribution in [2.24, 2.45) is 0 Å². The van der Waals surface area contributed by atoms with Gasteiger partial charge in [0.1, 0.15) is 5.75 Å². The predicted octanol–water partition coefficient (Wildman–Crippen LogP) is 1.33. The van der Waals surface area contributed by atoms with Gasteiger partial charge in [-0.2, -0.15) is 22.0 Å². The number of aliphatic hydroxyl groups is 1. The van der Waals surface area contributed by atoms with Crippen molar-refractivity contribution in [3.05, 3.63) is 24.3 Å². The zero-order valence-corrected chi connectivity index (χ0v) is 11.6. The second-order valence-corrected chi connectivity index (χ2v) is 4.18. The maximum Gasteiger partial charge on any atom is 0.488 e. The Balaban J connectivity index is 0.000000401. The fraction of sp³-hybridized carbons (Fsp3) is 0.500. The van der Waals surface area contributed by atoms with Crippen LogP contribution in [0.2, 0.25) is 0 Å². The average molecular weight is 330 g/mol. The SMILES string of the molecule is COc1ccc(B(O)O)cc1.OCCCC(F)(F)C(F)(F)F. The molecule has 0 aromatic heterocycles. The number of hydrogen-bond donors (Lipinski definition) is 3. The molecule has 0 aliphatic rings. The number of halogens is 5. The van der Waals surface area contributed by atoms with E-state index >= 15 is 0 Å². The van der Waals surface area contributed by atoms with Gasteiger partial charge in [-0.25, -0.2) is 0 Å². The summed E-state index contributed by atoms with van der Waals surface area (Å²) in [6.07, 6.45) is -7.40. The summed E-state index contributed by atoms with van der Waals surface area (Å²) in [7, 11) is 0.158. The molecular formula is C12H16BF5O4. The molecule has 0 fully saturated rings. The molecule has 1 rings (SSSR count). The van der Waals surface area contributed by atoms with Crippen molar-refractivity contribution < 1.29 is 41.8 Å². The van der Waals surface area contributed by atoms with E-state index in [2.05, 4.69) is 0 Å². The number of rotatable bonds is 5. The zero-order chi connectivity index (χ0) is 17.4. The fourth-order valence-corrected chi connectivity index (χ4v) is 1.22. The minimum absolute atomic E-state index is 0.464. The van der Waals surface area contributed by atoms with E-state index in [-0.39, 0.29) is 0 Å². The van der Waals surface area contributed by atoms with Crippen molar-refractivity contribution in [2.45, 2.75) is 24.9 Å². The van der Waals surface area contributed by atoms with Crippen molar-refractivity contribution >= 4 is 12.6 Å². The van der Waals surface area contributed by atoms with Gasteiger partial charge in [0.05, 0.1) is 7.11 Å². The van der Waals surface area contributed by atoms with Gasteiger partial charge in [0.25, 0.3) is 0 Å². The lowest BCUT2D eigenvalue weighted by atomic mass is 9.80. The van der Waals surface area contributed by atoms with E-state index < -0.39 is 38.7 Å². The Bertz CT molecular complexity index is 423. The number of hydrogen-bond acceptors (Lipinski definition) is 4. The molecule has 1 aromatic rings. The molecule has 0 spiro atoms. The molecular weight excluding hydrogens is 314 g/mol. The maximum atomic E-state index is 11.9. The normalized spacial score (nSPS) is 11.5. The number of ether oxygens (including phenoxy) is 1. The largest absolute Gasteiger partial charge is 0.497 e. The Labute approximate surface area is 124 Å². The second kappa shape index (κ2) is 8.91. The first kappa shape index (κ1) is 20.6. The van der Waals surface area contributed by atoms with Crippen LogP contribution in [0.15, 0.2) is 24.3 Å². The summed E-state index contributed by atoms with van der Waals surface area (Å²) >= 11 is 0. The molecule has 4 nitrogen and oxygen atoms in total. The smallest absolute Gasteiger partial charge is 0.488 e. The van der Waals surface area contributed by atoms with Crippen LogP contribution in [0.4, 0.5) is 22.0 Å². The lowest BCUT2D eigenvalue weighted by Gasteiger charge is -2.18. The van der Waals surface area contributed by atoms with Gasteiger partial charge in [0.15, 0.2) is 0 Å². The van der Waals surface area contributed by atoms with E-state index in [1.807, 2.05) is 0 Å². The average Bonchev–Trinajstić information content (AvgIpc) is 2.44. The Morgan fingerprint density at radius 1 is 1.05 bits per heavy atom. The van der Waals surface area contributed by atoms with E-state index in [9.17, 15) is 22.0 Å². The van der Waals surface area contributed by atoms with Crippen LogP contribution in [0.1, 0.15) is 12.8 Å². The van der Waals surface area contributed by atoms with E-state index in [0.29, 0.717) is 11.2 Å². The molecule has 3 N–H and O–H groups in total. The van der Waals surface area contributed by atoms with E-state index in [1.54, 1.807) is 31.4 Å². The first-order valence-electron chi connectivity index (χ1n) is 6.10. The van der Waals surface area contributed by atoms with Crippen molar-refractivity contribution in [1.29, 1.82) is 0 Å². The molecule has 22 heavy (non-hydrogen) atoms. The summed E-state index contributed by atoms with van der Waals surface area (Å²) in [4.78, 5) is 0. The molecule has 0 radical (unpaired) electrons. The Morgan fingerprint density at radius 2 is 1.55 bits per heavy atom. The van der Waals surface area contributed by atoms with Gasteiger partial charge in [-0.05, 0) is 24.0 Å². The molecule has 0 amide bonds. The summed E-state index contributed by atoms with van der Waals surface area (Å²) in [5.41, 5.74) is 0.464. The third-order valence-corrected chi connectivity index (χ3v) is 2.48. The maximum absolute atomic E-state index is 11.9. The Morgan fingerprint density at radius 3 is 1.86 bits per heavy atom. The topological polar surface area (TPSA) is 69.9 Å². The summed E-state index contributed by atoms with van der Waals surface area (Å²) in [5, 5.41) is 25.4.